The summed E-state index contributed by atoms with van der Waals surface area (Å²) in [5.41, 5.74) is 4.35. The van der Waals surface area contributed by atoms with Crippen LogP contribution in [0.2, 0.25) is 0 Å². The van der Waals surface area contributed by atoms with E-state index in [0.29, 0.717) is 17.9 Å². The van der Waals surface area contributed by atoms with Crippen LogP contribution in [0, 0.1) is 13.8 Å². The molecule has 0 saturated carbocycles. The fourth-order valence-electron chi connectivity index (χ4n) is 3.06. The molecule has 1 heterocycles. The van der Waals surface area contributed by atoms with Gasteiger partial charge in [-0.3, -0.25) is 14.3 Å². The normalized spacial score (nSPS) is 10.5. The van der Waals surface area contributed by atoms with E-state index in [2.05, 4.69) is 21.0 Å². The van der Waals surface area contributed by atoms with Gasteiger partial charge in [0.25, 0.3) is 5.91 Å². The van der Waals surface area contributed by atoms with Crippen LogP contribution in [0.4, 0.5) is 17.1 Å². The highest BCUT2D eigenvalue weighted by Gasteiger charge is 2.12. The van der Waals surface area contributed by atoms with Crippen molar-refractivity contribution in [3.8, 4) is 5.75 Å². The summed E-state index contributed by atoms with van der Waals surface area (Å²) in [4.78, 5) is 24.7. The number of rotatable bonds is 8. The maximum atomic E-state index is 12.4. The molecule has 8 heteroatoms. The van der Waals surface area contributed by atoms with Crippen molar-refractivity contribution in [2.45, 2.75) is 20.8 Å². The maximum Gasteiger partial charge on any atom is 0.255 e. The summed E-state index contributed by atoms with van der Waals surface area (Å²) in [5.74, 6) is 0.376. The van der Waals surface area contributed by atoms with Gasteiger partial charge in [-0.15, -0.1) is 0 Å². The zero-order valence-corrected chi connectivity index (χ0v) is 18.2. The third-order valence-corrected chi connectivity index (χ3v) is 4.80. The van der Waals surface area contributed by atoms with Crippen LogP contribution in [0.15, 0.2) is 48.5 Å². The van der Waals surface area contributed by atoms with Crippen LogP contribution in [-0.2, 0) is 11.8 Å². The zero-order chi connectivity index (χ0) is 22.4. The molecule has 2 amide bonds. The summed E-state index contributed by atoms with van der Waals surface area (Å²) >= 11 is 0. The molecule has 3 aromatic rings. The van der Waals surface area contributed by atoms with Crippen LogP contribution < -0.4 is 20.7 Å². The first kappa shape index (κ1) is 21.9. The molecule has 0 radical (unpaired) electrons. The molecule has 0 bridgehead atoms. The molecule has 0 unspecified atom stereocenters. The quantitative estimate of drug-likeness (QED) is 0.515. The summed E-state index contributed by atoms with van der Waals surface area (Å²) in [5, 5.41) is 13.1. The highest BCUT2D eigenvalue weighted by molar-refractivity contribution is 6.04. The Morgan fingerprint density at radius 1 is 0.968 bits per heavy atom. The number of carbonyl (C=O) groups is 2. The Morgan fingerprint density at radius 2 is 1.61 bits per heavy atom. The standard InChI is InChI=1S/C23H27N5O3/c1-5-31-20-12-10-19(11-13-20)25-23(30)17-6-8-18(9-7-17)24-14-21(29)26-22-15(2)27-28(4)16(22)3/h6-13,24H,5,14H2,1-4H3,(H,25,30)(H,26,29). The largest absolute Gasteiger partial charge is 0.494 e. The Kier molecular flexibility index (Phi) is 6.92. The molecule has 0 atom stereocenters. The Hall–Kier alpha value is -3.81. The van der Waals surface area contributed by atoms with Gasteiger partial charge in [-0.05, 0) is 69.3 Å². The van der Waals surface area contributed by atoms with E-state index in [1.54, 1.807) is 41.1 Å². The van der Waals surface area contributed by atoms with Gasteiger partial charge in [0.15, 0.2) is 0 Å². The third kappa shape index (κ3) is 5.63. The van der Waals surface area contributed by atoms with Gasteiger partial charge in [0.05, 0.1) is 30.2 Å². The van der Waals surface area contributed by atoms with Crippen molar-refractivity contribution in [3.05, 3.63) is 65.5 Å². The highest BCUT2D eigenvalue weighted by Crippen LogP contribution is 2.19. The van der Waals surface area contributed by atoms with Gasteiger partial charge in [0, 0.05) is 24.0 Å². The van der Waals surface area contributed by atoms with E-state index in [1.165, 1.54) is 0 Å². The Labute approximate surface area is 181 Å². The second-order valence-electron chi connectivity index (χ2n) is 7.06. The SMILES string of the molecule is CCOc1ccc(NC(=O)c2ccc(NCC(=O)Nc3c(C)nn(C)c3C)cc2)cc1. The number of nitrogens with zero attached hydrogens (tertiary/aromatic N) is 2. The van der Waals surface area contributed by atoms with Gasteiger partial charge in [-0.2, -0.15) is 5.10 Å². The van der Waals surface area contributed by atoms with Crippen molar-refractivity contribution in [3.63, 3.8) is 0 Å². The van der Waals surface area contributed by atoms with Crippen molar-refractivity contribution in [2.24, 2.45) is 7.05 Å². The lowest BCUT2D eigenvalue weighted by Gasteiger charge is -2.10. The number of benzene rings is 2. The molecular weight excluding hydrogens is 394 g/mol. The summed E-state index contributed by atoms with van der Waals surface area (Å²) < 4.78 is 7.13. The third-order valence-electron chi connectivity index (χ3n) is 4.80. The minimum atomic E-state index is -0.212. The lowest BCUT2D eigenvalue weighted by atomic mass is 10.2. The summed E-state index contributed by atoms with van der Waals surface area (Å²) in [7, 11) is 1.84. The van der Waals surface area contributed by atoms with Gasteiger partial charge in [0.1, 0.15) is 5.75 Å². The van der Waals surface area contributed by atoms with E-state index in [9.17, 15) is 9.59 Å². The first-order valence-electron chi connectivity index (χ1n) is 10.1. The first-order valence-corrected chi connectivity index (χ1v) is 10.1. The van der Waals surface area contributed by atoms with E-state index < -0.39 is 0 Å². The number of hydrogen-bond acceptors (Lipinski definition) is 5. The Bertz CT molecular complexity index is 1060. The van der Waals surface area contributed by atoms with Gasteiger partial charge in [0.2, 0.25) is 5.91 Å². The number of carbonyl (C=O) groups excluding carboxylic acids is 2. The molecule has 0 saturated heterocycles. The van der Waals surface area contributed by atoms with Crippen molar-refractivity contribution >= 4 is 28.9 Å². The smallest absolute Gasteiger partial charge is 0.255 e. The number of amides is 2. The van der Waals surface area contributed by atoms with E-state index in [0.717, 1.165) is 28.5 Å². The molecule has 0 spiro atoms. The Balaban J connectivity index is 1.52. The molecule has 3 rings (SSSR count). The number of aromatic nitrogens is 2. The van der Waals surface area contributed by atoms with Crippen LogP contribution in [-0.4, -0.2) is 34.7 Å². The molecule has 2 aromatic carbocycles. The average molecular weight is 422 g/mol. The van der Waals surface area contributed by atoms with Crippen molar-refractivity contribution in [2.75, 3.05) is 29.1 Å². The van der Waals surface area contributed by atoms with Crippen LogP contribution >= 0.6 is 0 Å². The van der Waals surface area contributed by atoms with E-state index in [-0.39, 0.29) is 18.4 Å². The molecule has 0 aliphatic rings. The van der Waals surface area contributed by atoms with Gasteiger partial charge in [-0.25, -0.2) is 0 Å². The van der Waals surface area contributed by atoms with Gasteiger partial charge in [-0.1, -0.05) is 0 Å². The van der Waals surface area contributed by atoms with Crippen LogP contribution in [0.5, 0.6) is 5.75 Å². The van der Waals surface area contributed by atoms with Crippen LogP contribution in [0.25, 0.3) is 0 Å². The monoisotopic (exact) mass is 421 g/mol. The van der Waals surface area contributed by atoms with Crippen molar-refractivity contribution in [1.82, 2.24) is 9.78 Å². The lowest BCUT2D eigenvalue weighted by Crippen LogP contribution is -2.22. The fraction of sp³-hybridized carbons (Fsp3) is 0.261. The second-order valence-corrected chi connectivity index (χ2v) is 7.06. The summed E-state index contributed by atoms with van der Waals surface area (Å²) in [6, 6.07) is 14.2. The molecule has 0 aliphatic heterocycles. The molecule has 3 N–H and O–H groups in total. The number of anilines is 3. The first-order chi connectivity index (χ1) is 14.9. The van der Waals surface area contributed by atoms with E-state index in [1.807, 2.05) is 40.0 Å². The molecule has 0 fully saturated rings. The number of hydrogen-bond donors (Lipinski definition) is 3. The number of nitrogens with one attached hydrogen (secondary N) is 3. The van der Waals surface area contributed by atoms with Crippen LogP contribution in [0.3, 0.4) is 0 Å². The van der Waals surface area contributed by atoms with Gasteiger partial charge >= 0.3 is 0 Å². The predicted octanol–water partition coefficient (Wildman–Crippen LogP) is 3.74. The minimum absolute atomic E-state index is 0.103. The molecular formula is C23H27N5O3. The van der Waals surface area contributed by atoms with E-state index >= 15 is 0 Å². The predicted molar refractivity (Wildman–Crippen MR) is 122 cm³/mol. The molecule has 162 valence electrons. The van der Waals surface area contributed by atoms with E-state index in [4.69, 9.17) is 4.74 Å². The number of aryl methyl sites for hydroxylation is 2. The number of ether oxygens (including phenoxy) is 1. The van der Waals surface area contributed by atoms with Crippen molar-refractivity contribution in [1.29, 1.82) is 0 Å². The second kappa shape index (κ2) is 9.80. The summed E-state index contributed by atoms with van der Waals surface area (Å²) in [6.45, 7) is 6.37. The molecule has 1 aromatic heterocycles. The Morgan fingerprint density at radius 3 is 2.19 bits per heavy atom. The van der Waals surface area contributed by atoms with Crippen molar-refractivity contribution < 1.29 is 14.3 Å². The van der Waals surface area contributed by atoms with Crippen LogP contribution in [0.1, 0.15) is 28.7 Å². The maximum absolute atomic E-state index is 12.4. The average Bonchev–Trinajstić information content (AvgIpc) is 3.00. The van der Waals surface area contributed by atoms with Gasteiger partial charge < -0.3 is 20.7 Å². The lowest BCUT2D eigenvalue weighted by molar-refractivity contribution is -0.114. The minimum Gasteiger partial charge on any atom is -0.494 e. The fourth-order valence-corrected chi connectivity index (χ4v) is 3.06. The molecule has 0 aliphatic carbocycles. The zero-order valence-electron chi connectivity index (χ0n) is 18.2. The highest BCUT2D eigenvalue weighted by atomic mass is 16.5. The summed E-state index contributed by atoms with van der Waals surface area (Å²) in [6.07, 6.45) is 0. The topological polar surface area (TPSA) is 97.3 Å². The molecule has 31 heavy (non-hydrogen) atoms. The molecule has 8 nitrogen and oxygen atoms in total.